The fourth-order valence-corrected chi connectivity index (χ4v) is 5.09. The topological polar surface area (TPSA) is 67.0 Å². The molecule has 6 heteroatoms. The molecule has 0 bridgehead atoms. The number of Topliss-reactive ketones (excluding diaryl/α,β-unsaturated/α-hetero) is 1. The minimum absolute atomic E-state index is 0.0949. The van der Waals surface area contributed by atoms with Crippen molar-refractivity contribution in [3.05, 3.63) is 95.9 Å². The van der Waals surface area contributed by atoms with Crippen LogP contribution in [-0.4, -0.2) is 34.2 Å². The van der Waals surface area contributed by atoms with Gasteiger partial charge in [0.15, 0.2) is 5.78 Å². The molecule has 0 aliphatic carbocycles. The van der Waals surface area contributed by atoms with Crippen molar-refractivity contribution in [3.8, 4) is 5.75 Å². The van der Waals surface area contributed by atoms with Gasteiger partial charge in [0, 0.05) is 53.3 Å². The Kier molecular flexibility index (Phi) is 5.74. The lowest BCUT2D eigenvalue weighted by Gasteiger charge is -2.12. The first-order chi connectivity index (χ1) is 15.3. The highest BCUT2D eigenvalue weighted by atomic mass is 32.2. The van der Waals surface area contributed by atoms with Crippen molar-refractivity contribution < 1.29 is 9.53 Å². The molecule has 1 saturated heterocycles. The van der Waals surface area contributed by atoms with Gasteiger partial charge in [-0.05, 0) is 29.3 Å². The Morgan fingerprint density at radius 1 is 1.13 bits per heavy atom. The summed E-state index contributed by atoms with van der Waals surface area (Å²) in [4.78, 5) is 20.6. The maximum absolute atomic E-state index is 13.2. The number of fused-ring (bicyclic) bond motifs is 1. The lowest BCUT2D eigenvalue weighted by Crippen LogP contribution is -2.34. The van der Waals surface area contributed by atoms with Crippen LogP contribution in [-0.2, 0) is 6.42 Å². The summed E-state index contributed by atoms with van der Waals surface area (Å²) in [7, 11) is 0. The molecular formula is C25H23N3O2S. The lowest BCUT2D eigenvalue weighted by atomic mass is 10.0. The molecule has 0 amide bonds. The molecule has 156 valence electrons. The maximum atomic E-state index is 13.2. The van der Waals surface area contributed by atoms with E-state index in [1.807, 2.05) is 60.9 Å². The molecule has 31 heavy (non-hydrogen) atoms. The molecule has 2 unspecified atom stereocenters. The van der Waals surface area contributed by atoms with Gasteiger partial charge in [-0.2, -0.15) is 0 Å². The standard InChI is InChI=1S/C25H23N3O2S/c29-24(23-16-31-25(28-23)18-7-4-11-26-14-18)21-15-27-22-13-19(8-9-20(21)22)30-12-10-17-5-2-1-3-6-17/h1-9,11,13-15,23,25,27-28H,10,12,16H2. The number of ketones is 1. The highest BCUT2D eigenvalue weighted by Gasteiger charge is 2.32. The van der Waals surface area contributed by atoms with Gasteiger partial charge >= 0.3 is 0 Å². The maximum Gasteiger partial charge on any atom is 0.182 e. The number of carbonyl (C=O) groups excluding carboxylic acids is 1. The smallest absolute Gasteiger partial charge is 0.182 e. The first kappa shape index (κ1) is 19.8. The molecule has 0 radical (unpaired) electrons. The van der Waals surface area contributed by atoms with Crippen LogP contribution < -0.4 is 10.1 Å². The van der Waals surface area contributed by atoms with Crippen LogP contribution in [0.15, 0.2) is 79.3 Å². The molecule has 1 fully saturated rings. The number of benzene rings is 2. The van der Waals surface area contributed by atoms with Gasteiger partial charge in [-0.25, -0.2) is 0 Å². The largest absolute Gasteiger partial charge is 0.493 e. The van der Waals surface area contributed by atoms with E-state index in [0.717, 1.165) is 40.0 Å². The van der Waals surface area contributed by atoms with Crippen molar-refractivity contribution in [2.75, 3.05) is 12.4 Å². The average Bonchev–Trinajstić information content (AvgIpc) is 3.47. The van der Waals surface area contributed by atoms with E-state index in [4.69, 9.17) is 4.74 Å². The zero-order valence-corrected chi connectivity index (χ0v) is 17.8. The number of nitrogens with one attached hydrogen (secondary N) is 2. The number of rotatable bonds is 7. The first-order valence-corrected chi connectivity index (χ1v) is 11.4. The molecule has 3 heterocycles. The number of carbonyl (C=O) groups is 1. The number of pyridine rings is 1. The lowest BCUT2D eigenvalue weighted by molar-refractivity contribution is 0.0957. The van der Waals surface area contributed by atoms with Gasteiger partial charge in [0.1, 0.15) is 5.75 Å². The van der Waals surface area contributed by atoms with Gasteiger partial charge < -0.3 is 9.72 Å². The average molecular weight is 430 g/mol. The van der Waals surface area contributed by atoms with Crippen LogP contribution in [0, 0.1) is 0 Å². The molecule has 2 aromatic heterocycles. The highest BCUT2D eigenvalue weighted by molar-refractivity contribution is 7.99. The van der Waals surface area contributed by atoms with Crippen molar-refractivity contribution in [2.24, 2.45) is 0 Å². The van der Waals surface area contributed by atoms with E-state index >= 15 is 0 Å². The summed E-state index contributed by atoms with van der Waals surface area (Å²) in [5.74, 6) is 1.66. The van der Waals surface area contributed by atoms with Gasteiger partial charge in [-0.3, -0.25) is 15.1 Å². The quantitative estimate of drug-likeness (QED) is 0.414. The Bertz CT molecular complexity index is 1180. The number of ether oxygens (including phenoxy) is 1. The van der Waals surface area contributed by atoms with E-state index in [9.17, 15) is 4.79 Å². The van der Waals surface area contributed by atoms with E-state index in [1.165, 1.54) is 5.56 Å². The van der Waals surface area contributed by atoms with E-state index in [1.54, 1.807) is 18.0 Å². The zero-order chi connectivity index (χ0) is 21.0. The molecule has 1 aliphatic heterocycles. The summed E-state index contributed by atoms with van der Waals surface area (Å²) in [5.41, 5.74) is 3.98. The van der Waals surface area contributed by atoms with Gasteiger partial charge in [0.05, 0.1) is 18.0 Å². The molecule has 5 nitrogen and oxygen atoms in total. The van der Waals surface area contributed by atoms with Crippen LogP contribution in [0.1, 0.15) is 26.9 Å². The molecule has 0 spiro atoms. The zero-order valence-electron chi connectivity index (χ0n) is 17.0. The van der Waals surface area contributed by atoms with E-state index in [0.29, 0.717) is 6.61 Å². The molecule has 4 aromatic rings. The number of aromatic nitrogens is 2. The third-order valence-corrected chi connectivity index (χ3v) is 6.77. The van der Waals surface area contributed by atoms with Crippen LogP contribution in [0.5, 0.6) is 5.75 Å². The van der Waals surface area contributed by atoms with E-state index < -0.39 is 0 Å². The van der Waals surface area contributed by atoms with Gasteiger partial charge in [-0.15, -0.1) is 11.8 Å². The van der Waals surface area contributed by atoms with Gasteiger partial charge in [-0.1, -0.05) is 36.4 Å². The molecule has 2 aromatic carbocycles. The van der Waals surface area contributed by atoms with Crippen LogP contribution in [0.4, 0.5) is 0 Å². The van der Waals surface area contributed by atoms with Crippen molar-refractivity contribution >= 4 is 28.4 Å². The van der Waals surface area contributed by atoms with Crippen LogP contribution in [0.2, 0.25) is 0 Å². The Hall–Kier alpha value is -3.09. The third-order valence-electron chi connectivity index (χ3n) is 5.51. The summed E-state index contributed by atoms with van der Waals surface area (Å²) < 4.78 is 5.92. The summed E-state index contributed by atoms with van der Waals surface area (Å²) >= 11 is 1.74. The Morgan fingerprint density at radius 3 is 2.87 bits per heavy atom. The second-order valence-electron chi connectivity index (χ2n) is 7.58. The summed E-state index contributed by atoms with van der Waals surface area (Å²) in [5, 5.41) is 4.47. The van der Waals surface area contributed by atoms with Crippen molar-refractivity contribution in [2.45, 2.75) is 17.8 Å². The molecule has 2 atom stereocenters. The number of hydrogen-bond donors (Lipinski definition) is 2. The van der Waals surface area contributed by atoms with Crippen molar-refractivity contribution in [1.29, 1.82) is 0 Å². The number of hydrogen-bond acceptors (Lipinski definition) is 5. The SMILES string of the molecule is O=C(c1c[nH]c2cc(OCCc3ccccc3)ccc12)C1CSC(c2cccnc2)N1. The van der Waals surface area contributed by atoms with Crippen molar-refractivity contribution in [1.82, 2.24) is 15.3 Å². The molecule has 2 N–H and O–H groups in total. The Morgan fingerprint density at radius 2 is 2.03 bits per heavy atom. The summed E-state index contributed by atoms with van der Waals surface area (Å²) in [6, 6.07) is 19.9. The van der Waals surface area contributed by atoms with Crippen molar-refractivity contribution in [3.63, 3.8) is 0 Å². The fraction of sp³-hybridized carbons (Fsp3) is 0.200. The number of thioether (sulfide) groups is 1. The molecule has 0 saturated carbocycles. The van der Waals surface area contributed by atoms with Gasteiger partial charge in [0.25, 0.3) is 0 Å². The number of nitrogens with zero attached hydrogens (tertiary/aromatic N) is 1. The van der Waals surface area contributed by atoms with Gasteiger partial charge in [0.2, 0.25) is 0 Å². The monoisotopic (exact) mass is 429 g/mol. The predicted molar refractivity (Wildman–Crippen MR) is 125 cm³/mol. The highest BCUT2D eigenvalue weighted by Crippen LogP contribution is 2.34. The van der Waals surface area contributed by atoms with E-state index in [2.05, 4.69) is 27.4 Å². The predicted octanol–water partition coefficient (Wildman–Crippen LogP) is 4.77. The Balaban J connectivity index is 1.25. The molecule has 5 rings (SSSR count). The van der Waals surface area contributed by atoms with Crippen LogP contribution in [0.25, 0.3) is 10.9 Å². The summed E-state index contributed by atoms with van der Waals surface area (Å²) in [6.45, 7) is 0.612. The number of aromatic amines is 1. The molecule has 1 aliphatic rings. The Labute approximate surface area is 185 Å². The minimum Gasteiger partial charge on any atom is -0.493 e. The van der Waals surface area contributed by atoms with Crippen LogP contribution in [0.3, 0.4) is 0 Å². The number of H-pyrrole nitrogens is 1. The third kappa shape index (κ3) is 4.36. The normalized spacial score (nSPS) is 18.3. The summed E-state index contributed by atoms with van der Waals surface area (Å²) in [6.07, 6.45) is 6.28. The fourth-order valence-electron chi connectivity index (χ4n) is 3.86. The first-order valence-electron chi connectivity index (χ1n) is 10.4. The molecular weight excluding hydrogens is 406 g/mol. The van der Waals surface area contributed by atoms with E-state index in [-0.39, 0.29) is 17.2 Å². The van der Waals surface area contributed by atoms with Crippen LogP contribution >= 0.6 is 11.8 Å². The second-order valence-corrected chi connectivity index (χ2v) is 8.72. The second kappa shape index (κ2) is 8.96. The minimum atomic E-state index is -0.212.